The van der Waals surface area contributed by atoms with Gasteiger partial charge in [0.15, 0.2) is 0 Å². The SMILES string of the molecule is CCC(CC)N(C)c1ncnc(N)c1C. The molecule has 0 aliphatic rings. The van der Waals surface area contributed by atoms with Crippen LogP contribution in [0.5, 0.6) is 0 Å². The van der Waals surface area contributed by atoms with Crippen molar-refractivity contribution in [2.24, 2.45) is 0 Å². The normalized spacial score (nSPS) is 10.7. The van der Waals surface area contributed by atoms with Crippen LogP contribution in [-0.4, -0.2) is 23.1 Å². The van der Waals surface area contributed by atoms with E-state index in [0.29, 0.717) is 11.9 Å². The number of hydrogen-bond acceptors (Lipinski definition) is 4. The smallest absolute Gasteiger partial charge is 0.137 e. The van der Waals surface area contributed by atoms with Crippen molar-refractivity contribution in [3.63, 3.8) is 0 Å². The summed E-state index contributed by atoms with van der Waals surface area (Å²) < 4.78 is 0. The first-order chi connectivity index (χ1) is 7.11. The topological polar surface area (TPSA) is 55.0 Å². The van der Waals surface area contributed by atoms with Gasteiger partial charge in [0.05, 0.1) is 0 Å². The maximum atomic E-state index is 5.76. The van der Waals surface area contributed by atoms with Gasteiger partial charge in [-0.1, -0.05) is 13.8 Å². The summed E-state index contributed by atoms with van der Waals surface area (Å²) >= 11 is 0. The Hall–Kier alpha value is -1.32. The molecule has 0 saturated heterocycles. The lowest BCUT2D eigenvalue weighted by Crippen LogP contribution is -2.31. The van der Waals surface area contributed by atoms with E-state index in [9.17, 15) is 0 Å². The molecule has 1 heterocycles. The van der Waals surface area contributed by atoms with Gasteiger partial charge >= 0.3 is 0 Å². The monoisotopic (exact) mass is 208 g/mol. The standard InChI is InChI=1S/C11H20N4/c1-5-9(6-2)15(4)11-8(3)10(12)13-7-14-11/h7,9H,5-6H2,1-4H3,(H2,12,13,14). The number of nitrogen functional groups attached to an aromatic ring is 1. The molecule has 1 aromatic rings. The molecule has 0 aliphatic carbocycles. The van der Waals surface area contributed by atoms with Crippen molar-refractivity contribution in [1.29, 1.82) is 0 Å². The maximum Gasteiger partial charge on any atom is 0.137 e. The van der Waals surface area contributed by atoms with Crippen molar-refractivity contribution in [3.05, 3.63) is 11.9 Å². The Morgan fingerprint density at radius 2 is 1.93 bits per heavy atom. The van der Waals surface area contributed by atoms with Gasteiger partial charge in [-0.2, -0.15) is 0 Å². The van der Waals surface area contributed by atoms with Gasteiger partial charge in [0, 0.05) is 18.7 Å². The highest BCUT2D eigenvalue weighted by molar-refractivity contribution is 5.55. The molecule has 1 aromatic heterocycles. The van der Waals surface area contributed by atoms with Crippen molar-refractivity contribution in [2.75, 3.05) is 17.7 Å². The van der Waals surface area contributed by atoms with E-state index < -0.39 is 0 Å². The summed E-state index contributed by atoms with van der Waals surface area (Å²) in [7, 11) is 2.06. The maximum absolute atomic E-state index is 5.76. The van der Waals surface area contributed by atoms with E-state index in [1.807, 2.05) is 6.92 Å². The van der Waals surface area contributed by atoms with E-state index in [1.54, 1.807) is 0 Å². The lowest BCUT2D eigenvalue weighted by Gasteiger charge is -2.28. The van der Waals surface area contributed by atoms with E-state index in [4.69, 9.17) is 5.73 Å². The fraction of sp³-hybridized carbons (Fsp3) is 0.636. The Balaban J connectivity index is 2.99. The van der Waals surface area contributed by atoms with Crippen molar-refractivity contribution < 1.29 is 0 Å². The molecule has 0 fully saturated rings. The van der Waals surface area contributed by atoms with Gasteiger partial charge < -0.3 is 10.6 Å². The van der Waals surface area contributed by atoms with Crippen LogP contribution in [-0.2, 0) is 0 Å². The summed E-state index contributed by atoms with van der Waals surface area (Å²) in [6, 6.07) is 0.512. The molecule has 0 unspecified atom stereocenters. The highest BCUT2D eigenvalue weighted by atomic mass is 15.2. The first-order valence-corrected chi connectivity index (χ1v) is 5.41. The molecule has 0 saturated carbocycles. The molecule has 2 N–H and O–H groups in total. The minimum Gasteiger partial charge on any atom is -0.383 e. The molecular formula is C11H20N4. The second-order valence-electron chi connectivity index (χ2n) is 3.79. The highest BCUT2D eigenvalue weighted by Crippen LogP contribution is 2.22. The summed E-state index contributed by atoms with van der Waals surface area (Å²) in [4.78, 5) is 10.5. The van der Waals surface area contributed by atoms with Gasteiger partial charge in [0.1, 0.15) is 18.0 Å². The average molecular weight is 208 g/mol. The van der Waals surface area contributed by atoms with Crippen LogP contribution >= 0.6 is 0 Å². The molecule has 0 aromatic carbocycles. The lowest BCUT2D eigenvalue weighted by atomic mass is 10.1. The third-order valence-corrected chi connectivity index (χ3v) is 2.92. The third-order valence-electron chi connectivity index (χ3n) is 2.92. The summed E-state index contributed by atoms with van der Waals surface area (Å²) in [6.07, 6.45) is 3.74. The fourth-order valence-electron chi connectivity index (χ4n) is 1.82. The Morgan fingerprint density at radius 1 is 1.33 bits per heavy atom. The molecule has 15 heavy (non-hydrogen) atoms. The third kappa shape index (κ3) is 2.37. The van der Waals surface area contributed by atoms with Crippen LogP contribution < -0.4 is 10.6 Å². The minimum absolute atomic E-state index is 0.512. The number of aromatic nitrogens is 2. The van der Waals surface area contributed by atoms with Crippen LogP contribution in [0.15, 0.2) is 6.33 Å². The predicted octanol–water partition coefficient (Wildman–Crippen LogP) is 1.99. The minimum atomic E-state index is 0.512. The molecule has 84 valence electrons. The van der Waals surface area contributed by atoms with E-state index >= 15 is 0 Å². The number of hydrogen-bond donors (Lipinski definition) is 1. The molecule has 0 spiro atoms. The Labute approximate surface area is 91.5 Å². The van der Waals surface area contributed by atoms with Crippen LogP contribution in [0.4, 0.5) is 11.6 Å². The Bertz CT molecular complexity index is 320. The van der Waals surface area contributed by atoms with Crippen LogP contribution in [0.3, 0.4) is 0 Å². The van der Waals surface area contributed by atoms with Crippen molar-refractivity contribution in [1.82, 2.24) is 9.97 Å². The molecule has 4 nitrogen and oxygen atoms in total. The molecule has 0 aliphatic heterocycles. The largest absolute Gasteiger partial charge is 0.383 e. The zero-order valence-corrected chi connectivity index (χ0v) is 9.99. The van der Waals surface area contributed by atoms with Gasteiger partial charge in [0.2, 0.25) is 0 Å². The summed E-state index contributed by atoms with van der Waals surface area (Å²) in [5.41, 5.74) is 6.73. The fourth-order valence-corrected chi connectivity index (χ4v) is 1.82. The molecule has 0 atom stereocenters. The zero-order chi connectivity index (χ0) is 11.4. The summed E-state index contributed by atoms with van der Waals surface area (Å²) in [6.45, 7) is 6.33. The van der Waals surface area contributed by atoms with Gasteiger partial charge in [-0.3, -0.25) is 0 Å². The van der Waals surface area contributed by atoms with Crippen LogP contribution in [0, 0.1) is 6.92 Å². The second kappa shape index (κ2) is 4.96. The number of nitrogens with two attached hydrogens (primary N) is 1. The predicted molar refractivity (Wildman–Crippen MR) is 64.0 cm³/mol. The summed E-state index contributed by atoms with van der Waals surface area (Å²) in [5.74, 6) is 1.51. The molecular weight excluding hydrogens is 188 g/mol. The highest BCUT2D eigenvalue weighted by Gasteiger charge is 2.15. The Morgan fingerprint density at radius 3 is 2.47 bits per heavy atom. The van der Waals surface area contributed by atoms with Crippen molar-refractivity contribution in [2.45, 2.75) is 39.7 Å². The van der Waals surface area contributed by atoms with Crippen molar-refractivity contribution in [3.8, 4) is 0 Å². The first-order valence-electron chi connectivity index (χ1n) is 5.41. The van der Waals surface area contributed by atoms with Gasteiger partial charge in [-0.05, 0) is 19.8 Å². The molecule has 0 radical (unpaired) electrons. The second-order valence-corrected chi connectivity index (χ2v) is 3.79. The lowest BCUT2D eigenvalue weighted by molar-refractivity contribution is 0.585. The van der Waals surface area contributed by atoms with E-state index in [0.717, 1.165) is 24.2 Å². The zero-order valence-electron chi connectivity index (χ0n) is 9.99. The van der Waals surface area contributed by atoms with Gasteiger partial charge in [0.25, 0.3) is 0 Å². The van der Waals surface area contributed by atoms with Crippen LogP contribution in [0.1, 0.15) is 32.3 Å². The van der Waals surface area contributed by atoms with Crippen LogP contribution in [0.25, 0.3) is 0 Å². The van der Waals surface area contributed by atoms with E-state index in [2.05, 4.69) is 35.8 Å². The van der Waals surface area contributed by atoms with Crippen molar-refractivity contribution >= 4 is 11.6 Å². The summed E-state index contributed by atoms with van der Waals surface area (Å²) in [5, 5.41) is 0. The molecule has 0 amide bonds. The Kier molecular flexibility index (Phi) is 3.88. The first kappa shape index (κ1) is 11.8. The average Bonchev–Trinajstić information content (AvgIpc) is 2.23. The number of nitrogens with zero attached hydrogens (tertiary/aromatic N) is 3. The van der Waals surface area contributed by atoms with Gasteiger partial charge in [-0.25, -0.2) is 9.97 Å². The molecule has 0 bridgehead atoms. The molecule has 1 rings (SSSR count). The number of rotatable bonds is 4. The quantitative estimate of drug-likeness (QED) is 0.822. The van der Waals surface area contributed by atoms with E-state index in [-0.39, 0.29) is 0 Å². The van der Waals surface area contributed by atoms with E-state index in [1.165, 1.54) is 6.33 Å². The molecule has 4 heteroatoms. The van der Waals surface area contributed by atoms with Gasteiger partial charge in [-0.15, -0.1) is 0 Å². The van der Waals surface area contributed by atoms with Crippen LogP contribution in [0.2, 0.25) is 0 Å². The number of anilines is 2.